The van der Waals surface area contributed by atoms with Crippen LogP contribution in [0.15, 0.2) is 24.5 Å². The van der Waals surface area contributed by atoms with Crippen LogP contribution in [0.25, 0.3) is 5.65 Å². The lowest BCUT2D eigenvalue weighted by Crippen LogP contribution is -2.19. The normalized spacial score (nSPS) is 19.1. The zero-order valence-corrected chi connectivity index (χ0v) is 11.5. The molecule has 0 spiro atoms. The van der Waals surface area contributed by atoms with Gasteiger partial charge in [0.1, 0.15) is 5.65 Å². The van der Waals surface area contributed by atoms with Crippen molar-refractivity contribution in [2.45, 2.75) is 19.3 Å². The van der Waals surface area contributed by atoms with Crippen molar-refractivity contribution in [1.29, 1.82) is 0 Å². The first-order valence-electron chi connectivity index (χ1n) is 6.90. The van der Waals surface area contributed by atoms with Crippen molar-refractivity contribution in [3.05, 3.63) is 35.8 Å². The molecule has 5 heteroatoms. The fourth-order valence-corrected chi connectivity index (χ4v) is 2.64. The second kappa shape index (κ2) is 5.63. The molecular weight excluding hydrogens is 256 g/mol. The fraction of sp³-hybridized carbons (Fsp3) is 0.467. The topological polar surface area (TPSA) is 52.8 Å². The van der Waals surface area contributed by atoms with Gasteiger partial charge in [-0.05, 0) is 37.3 Å². The Morgan fingerprint density at radius 2 is 2.50 bits per heavy atom. The fourth-order valence-electron chi connectivity index (χ4n) is 2.64. The molecule has 1 fully saturated rings. The predicted molar refractivity (Wildman–Crippen MR) is 73.8 cm³/mol. The van der Waals surface area contributed by atoms with E-state index >= 15 is 0 Å². The van der Waals surface area contributed by atoms with E-state index in [2.05, 4.69) is 4.98 Å². The number of esters is 1. The summed E-state index contributed by atoms with van der Waals surface area (Å²) < 4.78 is 12.2. The number of imidazole rings is 1. The van der Waals surface area contributed by atoms with Gasteiger partial charge in [-0.25, -0.2) is 9.78 Å². The zero-order chi connectivity index (χ0) is 13.9. The van der Waals surface area contributed by atoms with Crippen molar-refractivity contribution < 1.29 is 14.3 Å². The van der Waals surface area contributed by atoms with Gasteiger partial charge in [-0.15, -0.1) is 0 Å². The van der Waals surface area contributed by atoms with Crippen LogP contribution < -0.4 is 0 Å². The Hall–Kier alpha value is -1.88. The van der Waals surface area contributed by atoms with Gasteiger partial charge in [-0.3, -0.25) is 0 Å². The van der Waals surface area contributed by atoms with Crippen molar-refractivity contribution in [2.75, 3.05) is 20.3 Å². The summed E-state index contributed by atoms with van der Waals surface area (Å²) >= 11 is 0. The number of methoxy groups -OCH3 is 1. The Kier molecular flexibility index (Phi) is 3.69. The minimum Gasteiger partial charge on any atom is -0.465 e. The molecule has 0 N–H and O–H groups in total. The second-order valence-corrected chi connectivity index (χ2v) is 5.19. The third-order valence-electron chi connectivity index (χ3n) is 3.68. The molecule has 3 heterocycles. The van der Waals surface area contributed by atoms with Crippen LogP contribution in [-0.2, 0) is 15.9 Å². The van der Waals surface area contributed by atoms with Crippen LogP contribution >= 0.6 is 0 Å². The first kappa shape index (κ1) is 13.1. The van der Waals surface area contributed by atoms with Crippen molar-refractivity contribution in [3.63, 3.8) is 0 Å². The summed E-state index contributed by atoms with van der Waals surface area (Å²) in [5, 5.41) is 0. The number of fused-ring (bicyclic) bond motifs is 1. The van der Waals surface area contributed by atoms with Gasteiger partial charge in [-0.1, -0.05) is 0 Å². The van der Waals surface area contributed by atoms with E-state index in [0.717, 1.165) is 37.4 Å². The highest BCUT2D eigenvalue weighted by Crippen LogP contribution is 2.19. The summed E-state index contributed by atoms with van der Waals surface area (Å²) in [6, 6.07) is 3.50. The van der Waals surface area contributed by atoms with Gasteiger partial charge in [0, 0.05) is 25.6 Å². The average molecular weight is 274 g/mol. The number of ether oxygens (including phenoxy) is 2. The van der Waals surface area contributed by atoms with E-state index < -0.39 is 0 Å². The summed E-state index contributed by atoms with van der Waals surface area (Å²) in [5.41, 5.74) is 2.35. The number of pyridine rings is 1. The molecule has 20 heavy (non-hydrogen) atoms. The van der Waals surface area contributed by atoms with E-state index in [1.165, 1.54) is 13.5 Å². The van der Waals surface area contributed by atoms with E-state index in [-0.39, 0.29) is 5.97 Å². The average Bonchev–Trinajstić information content (AvgIpc) is 2.88. The molecule has 0 aromatic carbocycles. The summed E-state index contributed by atoms with van der Waals surface area (Å²) in [6.45, 7) is 1.70. The predicted octanol–water partition coefficient (Wildman–Crippen LogP) is 2.09. The minimum absolute atomic E-state index is 0.335. The molecule has 2 aromatic rings. The van der Waals surface area contributed by atoms with E-state index in [9.17, 15) is 4.79 Å². The molecule has 0 aliphatic carbocycles. The molecule has 1 unspecified atom stereocenters. The van der Waals surface area contributed by atoms with Crippen LogP contribution in [0.2, 0.25) is 0 Å². The summed E-state index contributed by atoms with van der Waals surface area (Å²) in [7, 11) is 1.38. The van der Waals surface area contributed by atoms with Gasteiger partial charge in [0.15, 0.2) is 0 Å². The number of carbonyl (C=O) groups excluding carboxylic acids is 1. The minimum atomic E-state index is -0.335. The second-order valence-electron chi connectivity index (χ2n) is 5.19. The maximum absolute atomic E-state index is 11.5. The quantitative estimate of drug-likeness (QED) is 0.804. The van der Waals surface area contributed by atoms with Gasteiger partial charge < -0.3 is 13.9 Å². The highest BCUT2D eigenvalue weighted by molar-refractivity contribution is 5.90. The summed E-state index contributed by atoms with van der Waals surface area (Å²) in [5.74, 6) is 0.214. The van der Waals surface area contributed by atoms with Gasteiger partial charge in [-0.2, -0.15) is 0 Å². The van der Waals surface area contributed by atoms with Crippen molar-refractivity contribution in [3.8, 4) is 0 Å². The number of aromatic nitrogens is 2. The third-order valence-corrected chi connectivity index (χ3v) is 3.68. The van der Waals surface area contributed by atoms with Gasteiger partial charge in [0.2, 0.25) is 0 Å². The molecule has 1 atom stereocenters. The molecule has 3 rings (SSSR count). The van der Waals surface area contributed by atoms with Gasteiger partial charge in [0.25, 0.3) is 0 Å². The first-order valence-corrected chi connectivity index (χ1v) is 6.90. The lowest BCUT2D eigenvalue weighted by Gasteiger charge is -2.20. The van der Waals surface area contributed by atoms with Crippen LogP contribution in [-0.4, -0.2) is 35.7 Å². The monoisotopic (exact) mass is 274 g/mol. The maximum Gasteiger partial charge on any atom is 0.338 e. The van der Waals surface area contributed by atoms with E-state index in [1.54, 1.807) is 12.1 Å². The Morgan fingerprint density at radius 3 is 3.25 bits per heavy atom. The molecule has 1 aliphatic rings. The Bertz CT molecular complexity index is 615. The van der Waals surface area contributed by atoms with Crippen LogP contribution in [0.5, 0.6) is 0 Å². The maximum atomic E-state index is 11.5. The van der Waals surface area contributed by atoms with Crippen LogP contribution in [0.3, 0.4) is 0 Å². The highest BCUT2D eigenvalue weighted by Gasteiger charge is 2.16. The zero-order valence-electron chi connectivity index (χ0n) is 11.5. The summed E-state index contributed by atoms with van der Waals surface area (Å²) in [6.07, 6.45) is 7.11. The molecule has 0 bridgehead atoms. The number of nitrogens with zero attached hydrogens (tertiary/aromatic N) is 2. The number of carbonyl (C=O) groups is 1. The molecule has 1 saturated heterocycles. The molecule has 5 nitrogen and oxygen atoms in total. The number of hydrogen-bond donors (Lipinski definition) is 0. The lowest BCUT2D eigenvalue weighted by atomic mass is 9.97. The summed E-state index contributed by atoms with van der Waals surface area (Å²) in [4.78, 5) is 16.1. The third kappa shape index (κ3) is 2.67. The largest absolute Gasteiger partial charge is 0.465 e. The number of hydrogen-bond acceptors (Lipinski definition) is 4. The standard InChI is InChI=1S/C15H18N2O3/c1-19-15(18)12-4-5-17-9-13(16-14(17)8-12)7-11-3-2-6-20-10-11/h4-5,8-9,11H,2-3,6-7,10H2,1H3. The highest BCUT2D eigenvalue weighted by atomic mass is 16.5. The van der Waals surface area contributed by atoms with E-state index in [0.29, 0.717) is 11.5 Å². The van der Waals surface area contributed by atoms with Crippen LogP contribution in [0, 0.1) is 5.92 Å². The van der Waals surface area contributed by atoms with Gasteiger partial charge >= 0.3 is 5.97 Å². The lowest BCUT2D eigenvalue weighted by molar-refractivity contribution is 0.0547. The van der Waals surface area contributed by atoms with Gasteiger partial charge in [0.05, 0.1) is 18.4 Å². The Labute approximate surface area is 117 Å². The smallest absolute Gasteiger partial charge is 0.338 e. The molecule has 1 aliphatic heterocycles. The Morgan fingerprint density at radius 1 is 1.60 bits per heavy atom. The van der Waals surface area contributed by atoms with Crippen molar-refractivity contribution in [2.24, 2.45) is 5.92 Å². The molecule has 106 valence electrons. The first-order chi connectivity index (χ1) is 9.76. The Balaban J connectivity index is 1.81. The van der Waals surface area contributed by atoms with Crippen molar-refractivity contribution in [1.82, 2.24) is 9.38 Å². The van der Waals surface area contributed by atoms with Crippen LogP contribution in [0.1, 0.15) is 28.9 Å². The molecule has 0 amide bonds. The molecule has 0 saturated carbocycles. The van der Waals surface area contributed by atoms with Crippen LogP contribution in [0.4, 0.5) is 0 Å². The molecule has 2 aromatic heterocycles. The van der Waals surface area contributed by atoms with Crippen molar-refractivity contribution >= 4 is 11.6 Å². The van der Waals surface area contributed by atoms with E-state index in [1.807, 2.05) is 16.8 Å². The molecule has 0 radical (unpaired) electrons. The SMILES string of the molecule is COC(=O)c1ccn2cc(CC3CCCOC3)nc2c1. The van der Waals surface area contributed by atoms with E-state index in [4.69, 9.17) is 9.47 Å². The molecular formula is C15H18N2O3. The number of rotatable bonds is 3.